The Morgan fingerprint density at radius 1 is 1.23 bits per heavy atom. The summed E-state index contributed by atoms with van der Waals surface area (Å²) >= 11 is 11.8. The summed E-state index contributed by atoms with van der Waals surface area (Å²) in [6.45, 7) is 0.0768. The molecule has 1 aromatic carbocycles. The van der Waals surface area contributed by atoms with Gasteiger partial charge in [0.25, 0.3) is 0 Å². The van der Waals surface area contributed by atoms with Gasteiger partial charge in [-0.05, 0) is 31.0 Å². The van der Waals surface area contributed by atoms with E-state index in [0.29, 0.717) is 11.6 Å². The first-order valence-electron chi connectivity index (χ1n) is 6.72. The maximum atomic E-state index is 12.3. The van der Waals surface area contributed by atoms with E-state index in [1.54, 1.807) is 6.07 Å². The van der Waals surface area contributed by atoms with Crippen molar-refractivity contribution in [3.05, 3.63) is 52.0 Å². The summed E-state index contributed by atoms with van der Waals surface area (Å²) in [6.07, 6.45) is 3.71. The Morgan fingerprint density at radius 3 is 2.73 bits per heavy atom. The molecule has 1 heterocycles. The molecule has 1 saturated carbocycles. The first-order chi connectivity index (χ1) is 10.5. The maximum Gasteiger partial charge on any atom is 0.242 e. The Labute approximate surface area is 138 Å². The highest BCUT2D eigenvalue weighted by atomic mass is 35.5. The zero-order chi connectivity index (χ0) is 15.7. The minimum Gasteiger partial charge on any atom is -0.241 e. The topological polar surface area (TPSA) is 72.0 Å². The van der Waals surface area contributed by atoms with Crippen LogP contribution in [0, 0.1) is 0 Å². The summed E-state index contributed by atoms with van der Waals surface area (Å²) in [5.41, 5.74) is 1.59. The van der Waals surface area contributed by atoms with E-state index in [-0.39, 0.29) is 21.5 Å². The van der Waals surface area contributed by atoms with Crippen LogP contribution in [0.25, 0.3) is 0 Å². The highest BCUT2D eigenvalue weighted by Crippen LogP contribution is 2.38. The molecule has 1 aliphatic carbocycles. The number of rotatable bonds is 5. The van der Waals surface area contributed by atoms with Gasteiger partial charge in [0.1, 0.15) is 11.2 Å². The molecule has 0 spiro atoms. The van der Waals surface area contributed by atoms with E-state index in [1.165, 1.54) is 18.5 Å². The highest BCUT2D eigenvalue weighted by molar-refractivity contribution is 7.89. The number of hydrogen-bond acceptors (Lipinski definition) is 4. The van der Waals surface area contributed by atoms with Crippen LogP contribution in [0.4, 0.5) is 0 Å². The molecule has 8 heteroatoms. The second kappa shape index (κ2) is 6.12. The molecule has 3 rings (SSSR count). The van der Waals surface area contributed by atoms with E-state index in [0.717, 1.165) is 18.5 Å². The van der Waals surface area contributed by atoms with Crippen LogP contribution in [-0.4, -0.2) is 18.4 Å². The SMILES string of the molecule is O=S(=O)(NCc1cc(C2CC2)ncn1)c1cccc(Cl)c1Cl. The Kier molecular flexibility index (Phi) is 4.36. The van der Waals surface area contributed by atoms with E-state index in [1.807, 2.05) is 6.07 Å². The Balaban J connectivity index is 1.77. The average molecular weight is 358 g/mol. The minimum absolute atomic E-state index is 0.0121. The number of benzene rings is 1. The third kappa shape index (κ3) is 3.41. The molecule has 22 heavy (non-hydrogen) atoms. The van der Waals surface area contributed by atoms with Gasteiger partial charge in [-0.25, -0.2) is 23.1 Å². The number of halogens is 2. The molecule has 1 aliphatic rings. The lowest BCUT2D eigenvalue weighted by molar-refractivity contribution is 0.580. The molecule has 116 valence electrons. The van der Waals surface area contributed by atoms with Gasteiger partial charge in [-0.3, -0.25) is 0 Å². The zero-order valence-electron chi connectivity index (χ0n) is 11.5. The van der Waals surface area contributed by atoms with Gasteiger partial charge in [0.2, 0.25) is 10.0 Å². The summed E-state index contributed by atoms with van der Waals surface area (Å²) in [6, 6.07) is 6.32. The summed E-state index contributed by atoms with van der Waals surface area (Å²) in [7, 11) is -3.76. The van der Waals surface area contributed by atoms with Crippen LogP contribution < -0.4 is 4.72 Å². The van der Waals surface area contributed by atoms with E-state index < -0.39 is 10.0 Å². The quantitative estimate of drug-likeness (QED) is 0.891. The third-order valence-corrected chi connectivity index (χ3v) is 5.76. The first kappa shape index (κ1) is 15.7. The number of aromatic nitrogens is 2. The van der Waals surface area contributed by atoms with Gasteiger partial charge in [-0.2, -0.15) is 0 Å². The third-order valence-electron chi connectivity index (χ3n) is 3.39. The van der Waals surface area contributed by atoms with Crippen molar-refractivity contribution < 1.29 is 8.42 Å². The molecule has 0 unspecified atom stereocenters. The molecule has 2 aromatic rings. The second-order valence-electron chi connectivity index (χ2n) is 5.08. The Morgan fingerprint density at radius 2 is 2.00 bits per heavy atom. The van der Waals surface area contributed by atoms with Crippen LogP contribution in [0.3, 0.4) is 0 Å². The van der Waals surface area contributed by atoms with E-state index in [4.69, 9.17) is 23.2 Å². The van der Waals surface area contributed by atoms with Gasteiger partial charge in [0.15, 0.2) is 0 Å². The fraction of sp³-hybridized carbons (Fsp3) is 0.286. The average Bonchev–Trinajstić information content (AvgIpc) is 3.33. The Bertz CT molecular complexity index is 807. The van der Waals surface area contributed by atoms with Gasteiger partial charge >= 0.3 is 0 Å². The monoisotopic (exact) mass is 357 g/mol. The van der Waals surface area contributed by atoms with Gasteiger partial charge in [-0.15, -0.1) is 0 Å². The molecule has 0 aliphatic heterocycles. The largest absolute Gasteiger partial charge is 0.242 e. The summed E-state index contributed by atoms with van der Waals surface area (Å²) in [5, 5.41) is 0.209. The van der Waals surface area contributed by atoms with Crippen molar-refractivity contribution in [1.82, 2.24) is 14.7 Å². The van der Waals surface area contributed by atoms with Gasteiger partial charge in [-0.1, -0.05) is 29.3 Å². The number of sulfonamides is 1. The number of nitrogens with one attached hydrogen (secondary N) is 1. The van der Waals surface area contributed by atoms with Crippen LogP contribution in [0.1, 0.15) is 30.1 Å². The van der Waals surface area contributed by atoms with Crippen LogP contribution >= 0.6 is 23.2 Å². The maximum absolute atomic E-state index is 12.3. The van der Waals surface area contributed by atoms with Crippen LogP contribution in [0.2, 0.25) is 10.0 Å². The molecule has 1 fully saturated rings. The van der Waals surface area contributed by atoms with Crippen molar-refractivity contribution in [2.24, 2.45) is 0 Å². The molecule has 1 aromatic heterocycles. The molecule has 1 N–H and O–H groups in total. The van der Waals surface area contributed by atoms with Crippen LogP contribution in [0.5, 0.6) is 0 Å². The second-order valence-corrected chi connectivity index (χ2v) is 7.61. The van der Waals surface area contributed by atoms with Crippen LogP contribution in [-0.2, 0) is 16.6 Å². The zero-order valence-corrected chi connectivity index (χ0v) is 13.8. The summed E-state index contributed by atoms with van der Waals surface area (Å²) in [5.74, 6) is 0.487. The number of nitrogens with zero attached hydrogens (tertiary/aromatic N) is 2. The predicted octanol–water partition coefficient (Wildman–Crippen LogP) is 3.14. The fourth-order valence-electron chi connectivity index (χ4n) is 2.05. The molecular weight excluding hydrogens is 345 g/mol. The minimum atomic E-state index is -3.76. The molecule has 0 saturated heterocycles. The molecule has 5 nitrogen and oxygen atoms in total. The normalized spacial score (nSPS) is 15.0. The first-order valence-corrected chi connectivity index (χ1v) is 8.96. The van der Waals surface area contributed by atoms with Crippen LogP contribution in [0.15, 0.2) is 35.5 Å². The van der Waals surface area contributed by atoms with E-state index >= 15 is 0 Å². The molecular formula is C14H13Cl2N3O2S. The molecule has 0 atom stereocenters. The lowest BCUT2D eigenvalue weighted by Crippen LogP contribution is -2.24. The van der Waals surface area contributed by atoms with E-state index in [2.05, 4.69) is 14.7 Å². The van der Waals surface area contributed by atoms with Gasteiger partial charge in [0, 0.05) is 11.6 Å². The molecule has 0 amide bonds. The summed E-state index contributed by atoms with van der Waals surface area (Å²) in [4.78, 5) is 8.25. The van der Waals surface area contributed by atoms with E-state index in [9.17, 15) is 8.42 Å². The molecule has 0 bridgehead atoms. The predicted molar refractivity (Wildman–Crippen MR) is 84.5 cm³/mol. The lowest BCUT2D eigenvalue weighted by atomic mass is 10.2. The van der Waals surface area contributed by atoms with Gasteiger partial charge in [0.05, 0.1) is 22.3 Å². The van der Waals surface area contributed by atoms with Crippen molar-refractivity contribution in [3.63, 3.8) is 0 Å². The highest BCUT2D eigenvalue weighted by Gasteiger charge is 2.25. The van der Waals surface area contributed by atoms with Gasteiger partial charge < -0.3 is 0 Å². The van der Waals surface area contributed by atoms with Crippen molar-refractivity contribution >= 4 is 33.2 Å². The lowest BCUT2D eigenvalue weighted by Gasteiger charge is -2.09. The van der Waals surface area contributed by atoms with Crippen molar-refractivity contribution in [3.8, 4) is 0 Å². The number of hydrogen-bond donors (Lipinski definition) is 1. The standard InChI is InChI=1S/C14H13Cl2N3O2S/c15-11-2-1-3-13(14(11)16)22(20,21)19-7-10-6-12(9-4-5-9)18-8-17-10/h1-3,6,8-9,19H,4-5,7H2. The smallest absolute Gasteiger partial charge is 0.241 e. The van der Waals surface area contributed by atoms with Crippen molar-refractivity contribution in [2.75, 3.05) is 0 Å². The van der Waals surface area contributed by atoms with Crippen molar-refractivity contribution in [1.29, 1.82) is 0 Å². The molecule has 0 radical (unpaired) electrons. The fourth-order valence-corrected chi connectivity index (χ4v) is 3.81. The Hall–Kier alpha value is -1.21. The summed E-state index contributed by atoms with van der Waals surface area (Å²) < 4.78 is 27.1. The van der Waals surface area contributed by atoms with Crippen molar-refractivity contribution in [2.45, 2.75) is 30.2 Å².